The van der Waals surface area contributed by atoms with Crippen molar-refractivity contribution in [1.82, 2.24) is 15.5 Å². The molecular formula is C15H28N4O2. The van der Waals surface area contributed by atoms with E-state index in [4.69, 9.17) is 5.73 Å². The number of hydrogen-bond acceptors (Lipinski definition) is 4. The van der Waals surface area contributed by atoms with Crippen molar-refractivity contribution in [3.8, 4) is 0 Å². The molecular weight excluding hydrogens is 268 g/mol. The van der Waals surface area contributed by atoms with Crippen LogP contribution in [0.25, 0.3) is 0 Å². The number of carbonyl (C=O) groups excluding carboxylic acids is 2. The van der Waals surface area contributed by atoms with Crippen LogP contribution in [0, 0.1) is 0 Å². The van der Waals surface area contributed by atoms with E-state index in [0.29, 0.717) is 25.2 Å². The molecule has 0 aromatic carbocycles. The maximum atomic E-state index is 12.5. The second kappa shape index (κ2) is 9.26. The van der Waals surface area contributed by atoms with Crippen LogP contribution >= 0.6 is 0 Å². The number of hydrogen-bond donors (Lipinski definition) is 3. The van der Waals surface area contributed by atoms with Crippen molar-refractivity contribution < 1.29 is 9.59 Å². The van der Waals surface area contributed by atoms with Crippen molar-refractivity contribution >= 4 is 11.8 Å². The number of likely N-dealkylation sites (tertiary alicyclic amines) is 1. The van der Waals surface area contributed by atoms with Gasteiger partial charge in [0.15, 0.2) is 0 Å². The molecule has 0 radical (unpaired) electrons. The molecule has 1 heterocycles. The first-order valence-electron chi connectivity index (χ1n) is 7.81. The largest absolute Gasteiger partial charge is 0.386 e. The summed E-state index contributed by atoms with van der Waals surface area (Å²) in [4.78, 5) is 26.0. The van der Waals surface area contributed by atoms with Gasteiger partial charge in [-0.05, 0) is 32.1 Å². The highest BCUT2D eigenvalue weighted by atomic mass is 16.2. The Balaban J connectivity index is 2.51. The highest BCUT2D eigenvalue weighted by Gasteiger charge is 2.26. The van der Waals surface area contributed by atoms with Crippen LogP contribution in [0.4, 0.5) is 0 Å². The van der Waals surface area contributed by atoms with Gasteiger partial charge in [-0.2, -0.15) is 0 Å². The minimum Gasteiger partial charge on any atom is -0.386 e. The molecule has 0 bridgehead atoms. The summed E-state index contributed by atoms with van der Waals surface area (Å²) in [5, 5.41) is 5.77. The minimum absolute atomic E-state index is 0.0445. The van der Waals surface area contributed by atoms with Crippen LogP contribution in [0.1, 0.15) is 45.4 Å². The zero-order valence-corrected chi connectivity index (χ0v) is 13.0. The summed E-state index contributed by atoms with van der Waals surface area (Å²) in [5.74, 6) is 0.385. The molecule has 6 heteroatoms. The van der Waals surface area contributed by atoms with Crippen LogP contribution in [0.2, 0.25) is 0 Å². The molecule has 0 saturated carbocycles. The first-order valence-corrected chi connectivity index (χ1v) is 7.81. The highest BCUT2D eigenvalue weighted by molar-refractivity contribution is 5.87. The summed E-state index contributed by atoms with van der Waals surface area (Å²) < 4.78 is 0. The second-order valence-electron chi connectivity index (χ2n) is 5.45. The molecule has 0 aromatic heterocycles. The number of nitrogens with two attached hydrogens (primary N) is 1. The fourth-order valence-electron chi connectivity index (χ4n) is 2.44. The normalized spacial score (nSPS) is 16.1. The van der Waals surface area contributed by atoms with E-state index < -0.39 is 6.04 Å². The fraction of sp³-hybridized carbons (Fsp3) is 0.733. The molecule has 0 aliphatic carbocycles. The van der Waals surface area contributed by atoms with Gasteiger partial charge in [0.1, 0.15) is 6.04 Å². The quantitative estimate of drug-likeness (QED) is 0.575. The smallest absolute Gasteiger partial charge is 0.245 e. The van der Waals surface area contributed by atoms with Gasteiger partial charge in [-0.1, -0.05) is 13.5 Å². The average molecular weight is 296 g/mol. The van der Waals surface area contributed by atoms with E-state index in [2.05, 4.69) is 17.2 Å². The Hall–Kier alpha value is -1.72. The number of rotatable bonds is 8. The second-order valence-corrected chi connectivity index (χ2v) is 5.45. The Morgan fingerprint density at radius 2 is 1.95 bits per heavy atom. The van der Waals surface area contributed by atoms with Crippen LogP contribution < -0.4 is 16.4 Å². The first-order chi connectivity index (χ1) is 10.0. The lowest BCUT2D eigenvalue weighted by atomic mass is 10.1. The third kappa shape index (κ3) is 6.51. The summed E-state index contributed by atoms with van der Waals surface area (Å²) in [6.45, 7) is 7.61. The third-order valence-corrected chi connectivity index (χ3v) is 3.64. The van der Waals surface area contributed by atoms with Crippen molar-refractivity contribution in [2.24, 2.45) is 5.73 Å². The fourth-order valence-corrected chi connectivity index (χ4v) is 2.44. The highest BCUT2D eigenvalue weighted by Crippen LogP contribution is 2.12. The standard InChI is InChI=1S/C15H28N4O2/c1-3-14(20)18-13(8-7-9-17-12(2)16)15(21)19-10-5-4-6-11-19/h13,17H,2-11,16H2,1H3,(H,18,20). The molecule has 4 N–H and O–H groups in total. The van der Waals surface area contributed by atoms with Crippen LogP contribution in [0.3, 0.4) is 0 Å². The molecule has 21 heavy (non-hydrogen) atoms. The molecule has 1 unspecified atom stereocenters. The van der Waals surface area contributed by atoms with Gasteiger partial charge in [0, 0.05) is 26.1 Å². The van der Waals surface area contributed by atoms with E-state index in [-0.39, 0.29) is 11.8 Å². The van der Waals surface area contributed by atoms with Crippen LogP contribution in [-0.4, -0.2) is 42.4 Å². The lowest BCUT2D eigenvalue weighted by Gasteiger charge is -2.30. The average Bonchev–Trinajstić information content (AvgIpc) is 2.50. The molecule has 1 rings (SSSR count). The van der Waals surface area contributed by atoms with Gasteiger partial charge in [-0.25, -0.2) is 0 Å². The number of carbonyl (C=O) groups is 2. The van der Waals surface area contributed by atoms with Gasteiger partial charge in [0.05, 0.1) is 5.82 Å². The molecule has 0 aromatic rings. The molecule has 2 amide bonds. The zero-order valence-electron chi connectivity index (χ0n) is 13.0. The van der Waals surface area contributed by atoms with Crippen molar-refractivity contribution in [2.75, 3.05) is 19.6 Å². The van der Waals surface area contributed by atoms with Gasteiger partial charge in [-0.15, -0.1) is 0 Å². The Morgan fingerprint density at radius 3 is 2.52 bits per heavy atom. The third-order valence-electron chi connectivity index (χ3n) is 3.64. The predicted molar refractivity (Wildman–Crippen MR) is 83.2 cm³/mol. The lowest BCUT2D eigenvalue weighted by molar-refractivity contribution is -0.137. The Kier molecular flexibility index (Phi) is 7.64. The maximum absolute atomic E-state index is 12.5. The van der Waals surface area contributed by atoms with E-state index in [1.54, 1.807) is 6.92 Å². The molecule has 1 fully saturated rings. The maximum Gasteiger partial charge on any atom is 0.245 e. The van der Waals surface area contributed by atoms with Crippen molar-refractivity contribution in [1.29, 1.82) is 0 Å². The van der Waals surface area contributed by atoms with Crippen LogP contribution in [0.5, 0.6) is 0 Å². The number of nitrogens with one attached hydrogen (secondary N) is 2. The summed E-state index contributed by atoms with van der Waals surface area (Å²) >= 11 is 0. The molecule has 1 saturated heterocycles. The number of nitrogens with zero attached hydrogens (tertiary/aromatic N) is 1. The van der Waals surface area contributed by atoms with Gasteiger partial charge < -0.3 is 21.3 Å². The molecule has 1 aliphatic heterocycles. The lowest BCUT2D eigenvalue weighted by Crippen LogP contribution is -2.50. The molecule has 0 spiro atoms. The van der Waals surface area contributed by atoms with Gasteiger partial charge in [0.25, 0.3) is 0 Å². The van der Waals surface area contributed by atoms with E-state index in [1.807, 2.05) is 4.90 Å². The zero-order chi connectivity index (χ0) is 15.7. The number of amides is 2. The topological polar surface area (TPSA) is 87.5 Å². The van der Waals surface area contributed by atoms with Gasteiger partial charge >= 0.3 is 0 Å². The Bertz CT molecular complexity index is 365. The molecule has 1 aliphatic rings. The predicted octanol–water partition coefficient (Wildman–Crippen LogP) is 0.693. The summed E-state index contributed by atoms with van der Waals surface area (Å²) in [5.41, 5.74) is 5.44. The van der Waals surface area contributed by atoms with Crippen molar-refractivity contribution in [2.45, 2.75) is 51.5 Å². The van der Waals surface area contributed by atoms with Crippen LogP contribution in [-0.2, 0) is 9.59 Å². The van der Waals surface area contributed by atoms with E-state index >= 15 is 0 Å². The van der Waals surface area contributed by atoms with Crippen molar-refractivity contribution in [3.05, 3.63) is 12.4 Å². The molecule has 6 nitrogen and oxygen atoms in total. The van der Waals surface area contributed by atoms with E-state index in [9.17, 15) is 9.59 Å². The SMILES string of the molecule is C=C(N)NCCCC(NC(=O)CC)C(=O)N1CCCCC1. The molecule has 120 valence electrons. The van der Waals surface area contributed by atoms with E-state index in [1.165, 1.54) is 6.42 Å². The summed E-state index contributed by atoms with van der Waals surface area (Å²) in [7, 11) is 0. The van der Waals surface area contributed by atoms with Crippen LogP contribution in [0.15, 0.2) is 12.4 Å². The van der Waals surface area contributed by atoms with E-state index in [0.717, 1.165) is 32.4 Å². The van der Waals surface area contributed by atoms with Gasteiger partial charge in [-0.3, -0.25) is 9.59 Å². The monoisotopic (exact) mass is 296 g/mol. The summed E-state index contributed by atoms with van der Waals surface area (Å²) in [6, 6.07) is -0.427. The summed E-state index contributed by atoms with van der Waals surface area (Å²) in [6.07, 6.45) is 5.04. The Labute approximate surface area is 127 Å². The first kappa shape index (κ1) is 17.3. The van der Waals surface area contributed by atoms with Gasteiger partial charge in [0.2, 0.25) is 11.8 Å². The number of piperidine rings is 1. The minimum atomic E-state index is -0.427. The Morgan fingerprint density at radius 1 is 1.29 bits per heavy atom. The molecule has 1 atom stereocenters. The van der Waals surface area contributed by atoms with Crippen molar-refractivity contribution in [3.63, 3.8) is 0 Å².